The summed E-state index contributed by atoms with van der Waals surface area (Å²) in [5.41, 5.74) is 10.3. The summed E-state index contributed by atoms with van der Waals surface area (Å²) in [4.78, 5) is 0. The monoisotopic (exact) mass is 134 g/mol. The van der Waals surface area contributed by atoms with E-state index in [9.17, 15) is 0 Å². The van der Waals surface area contributed by atoms with Gasteiger partial charge < -0.3 is 21.7 Å². The molecule has 0 heterocycles. The summed E-state index contributed by atoms with van der Waals surface area (Å²) in [6.07, 6.45) is 0.200. The lowest BCUT2D eigenvalue weighted by molar-refractivity contribution is -0.176. The zero-order valence-electron chi connectivity index (χ0n) is 5.54. The van der Waals surface area contributed by atoms with Gasteiger partial charge in [-0.05, 0) is 6.42 Å². The maximum Gasteiger partial charge on any atom is 0.179 e. The SMILES string of the molecule is CCC(O)(O)C(N)CN. The second-order valence-electron chi connectivity index (χ2n) is 2.07. The quantitative estimate of drug-likeness (QED) is 0.348. The van der Waals surface area contributed by atoms with E-state index >= 15 is 0 Å². The molecule has 56 valence electrons. The Bertz CT molecular complexity index is 85.0. The van der Waals surface area contributed by atoms with Crippen LogP contribution < -0.4 is 11.5 Å². The molecule has 0 aromatic carbocycles. The minimum absolute atomic E-state index is 0.0842. The van der Waals surface area contributed by atoms with Gasteiger partial charge in [0.2, 0.25) is 0 Å². The number of aliphatic hydroxyl groups is 2. The minimum atomic E-state index is -1.80. The third-order valence-corrected chi connectivity index (χ3v) is 1.37. The van der Waals surface area contributed by atoms with Crippen molar-refractivity contribution in [1.82, 2.24) is 0 Å². The van der Waals surface area contributed by atoms with Crippen LogP contribution in [0.4, 0.5) is 0 Å². The Balaban J connectivity index is 3.80. The molecule has 0 aromatic heterocycles. The Morgan fingerprint density at radius 1 is 1.56 bits per heavy atom. The summed E-state index contributed by atoms with van der Waals surface area (Å²) in [5.74, 6) is -1.80. The van der Waals surface area contributed by atoms with E-state index < -0.39 is 11.8 Å². The highest BCUT2D eigenvalue weighted by Gasteiger charge is 2.27. The van der Waals surface area contributed by atoms with Gasteiger partial charge in [0.25, 0.3) is 0 Å². The van der Waals surface area contributed by atoms with Gasteiger partial charge in [-0.3, -0.25) is 0 Å². The van der Waals surface area contributed by atoms with E-state index in [0.29, 0.717) is 0 Å². The zero-order valence-corrected chi connectivity index (χ0v) is 5.54. The molecule has 9 heavy (non-hydrogen) atoms. The highest BCUT2D eigenvalue weighted by Crippen LogP contribution is 2.07. The van der Waals surface area contributed by atoms with Crippen LogP contribution in [0.15, 0.2) is 0 Å². The first-order valence-electron chi connectivity index (χ1n) is 2.95. The molecule has 0 bridgehead atoms. The van der Waals surface area contributed by atoms with Gasteiger partial charge in [0.05, 0.1) is 6.04 Å². The normalized spacial score (nSPS) is 15.7. The van der Waals surface area contributed by atoms with Gasteiger partial charge in [-0.25, -0.2) is 0 Å². The summed E-state index contributed by atoms with van der Waals surface area (Å²) in [6, 6.07) is -0.748. The first kappa shape index (κ1) is 8.84. The lowest BCUT2D eigenvalue weighted by atomic mass is 10.1. The largest absolute Gasteiger partial charge is 0.364 e. The van der Waals surface area contributed by atoms with Gasteiger partial charge in [0.15, 0.2) is 5.79 Å². The Morgan fingerprint density at radius 2 is 2.00 bits per heavy atom. The van der Waals surface area contributed by atoms with Crippen LogP contribution in [0.25, 0.3) is 0 Å². The van der Waals surface area contributed by atoms with E-state index in [4.69, 9.17) is 21.7 Å². The smallest absolute Gasteiger partial charge is 0.179 e. The van der Waals surface area contributed by atoms with Crippen molar-refractivity contribution in [3.63, 3.8) is 0 Å². The first-order chi connectivity index (χ1) is 4.04. The summed E-state index contributed by atoms with van der Waals surface area (Å²) < 4.78 is 0. The lowest BCUT2D eigenvalue weighted by Gasteiger charge is -2.25. The number of rotatable bonds is 3. The molecule has 0 saturated heterocycles. The maximum atomic E-state index is 8.94. The number of hydrogen-bond acceptors (Lipinski definition) is 4. The standard InChI is InChI=1S/C5H14N2O2/c1-2-5(8,9)4(7)3-6/h4,8-9H,2-3,6-7H2,1H3. The molecular weight excluding hydrogens is 120 g/mol. The van der Waals surface area contributed by atoms with Crippen molar-refractivity contribution in [2.75, 3.05) is 6.54 Å². The Morgan fingerprint density at radius 3 is 2.11 bits per heavy atom. The molecule has 4 nitrogen and oxygen atoms in total. The fourth-order valence-corrected chi connectivity index (χ4v) is 0.451. The van der Waals surface area contributed by atoms with Crippen LogP contribution in [-0.4, -0.2) is 28.6 Å². The third kappa shape index (κ3) is 2.28. The Kier molecular flexibility index (Phi) is 3.07. The van der Waals surface area contributed by atoms with Gasteiger partial charge in [-0.1, -0.05) is 6.92 Å². The molecule has 1 atom stereocenters. The fraction of sp³-hybridized carbons (Fsp3) is 1.00. The third-order valence-electron chi connectivity index (χ3n) is 1.37. The molecular formula is C5H14N2O2. The van der Waals surface area contributed by atoms with Crippen LogP contribution in [-0.2, 0) is 0 Å². The van der Waals surface area contributed by atoms with E-state index in [0.717, 1.165) is 0 Å². The molecule has 1 unspecified atom stereocenters. The van der Waals surface area contributed by atoms with Crippen molar-refractivity contribution in [2.24, 2.45) is 11.5 Å². The van der Waals surface area contributed by atoms with E-state index in [1.165, 1.54) is 0 Å². The van der Waals surface area contributed by atoms with E-state index in [-0.39, 0.29) is 13.0 Å². The van der Waals surface area contributed by atoms with Gasteiger partial charge in [-0.2, -0.15) is 0 Å². The average Bonchev–Trinajstić information content (AvgIpc) is 1.86. The summed E-state index contributed by atoms with van der Waals surface area (Å²) >= 11 is 0. The Labute approximate surface area is 54.5 Å². The molecule has 0 amide bonds. The van der Waals surface area contributed by atoms with Gasteiger partial charge in [0.1, 0.15) is 0 Å². The second-order valence-corrected chi connectivity index (χ2v) is 2.07. The van der Waals surface area contributed by atoms with Gasteiger partial charge in [0, 0.05) is 6.54 Å². The summed E-state index contributed by atoms with van der Waals surface area (Å²) in [7, 11) is 0. The Hall–Kier alpha value is -0.160. The first-order valence-corrected chi connectivity index (χ1v) is 2.95. The summed E-state index contributed by atoms with van der Waals surface area (Å²) in [6.45, 7) is 1.72. The van der Waals surface area contributed by atoms with Crippen LogP contribution in [0.2, 0.25) is 0 Å². The molecule has 0 fully saturated rings. The van der Waals surface area contributed by atoms with Gasteiger partial charge in [-0.15, -0.1) is 0 Å². The van der Waals surface area contributed by atoms with Crippen LogP contribution >= 0.6 is 0 Å². The predicted octanol–water partition coefficient (Wildman–Crippen LogP) is -1.64. The van der Waals surface area contributed by atoms with E-state index in [2.05, 4.69) is 0 Å². The number of hydrogen-bond donors (Lipinski definition) is 4. The minimum Gasteiger partial charge on any atom is -0.364 e. The van der Waals surface area contributed by atoms with Crippen LogP contribution in [0, 0.1) is 0 Å². The van der Waals surface area contributed by atoms with Crippen LogP contribution in [0.3, 0.4) is 0 Å². The summed E-state index contributed by atoms with van der Waals surface area (Å²) in [5, 5.41) is 17.9. The van der Waals surface area contributed by atoms with E-state index in [1.54, 1.807) is 6.92 Å². The van der Waals surface area contributed by atoms with Crippen molar-refractivity contribution in [2.45, 2.75) is 25.2 Å². The zero-order chi connectivity index (χ0) is 7.49. The lowest BCUT2D eigenvalue weighted by Crippen LogP contribution is -2.51. The second kappa shape index (κ2) is 3.12. The van der Waals surface area contributed by atoms with Crippen molar-refractivity contribution in [3.8, 4) is 0 Å². The van der Waals surface area contributed by atoms with Crippen molar-refractivity contribution in [3.05, 3.63) is 0 Å². The van der Waals surface area contributed by atoms with Crippen molar-refractivity contribution in [1.29, 1.82) is 0 Å². The highest BCUT2D eigenvalue weighted by atomic mass is 16.5. The predicted molar refractivity (Wildman–Crippen MR) is 34.5 cm³/mol. The highest BCUT2D eigenvalue weighted by molar-refractivity contribution is 4.77. The molecule has 0 saturated carbocycles. The molecule has 0 spiro atoms. The molecule has 0 aromatic rings. The number of nitrogens with two attached hydrogens (primary N) is 2. The molecule has 6 N–H and O–H groups in total. The van der Waals surface area contributed by atoms with E-state index in [1.807, 2.05) is 0 Å². The van der Waals surface area contributed by atoms with Crippen molar-refractivity contribution < 1.29 is 10.2 Å². The molecule has 0 radical (unpaired) electrons. The average molecular weight is 134 g/mol. The molecule has 4 heteroatoms. The topological polar surface area (TPSA) is 92.5 Å². The van der Waals surface area contributed by atoms with Crippen molar-refractivity contribution >= 4 is 0 Å². The molecule has 0 aliphatic rings. The van der Waals surface area contributed by atoms with Gasteiger partial charge >= 0.3 is 0 Å². The fourth-order valence-electron chi connectivity index (χ4n) is 0.451. The van der Waals surface area contributed by atoms with Crippen LogP contribution in [0.1, 0.15) is 13.3 Å². The molecule has 0 aliphatic carbocycles. The molecule has 0 aliphatic heterocycles. The van der Waals surface area contributed by atoms with Crippen LogP contribution in [0.5, 0.6) is 0 Å². The maximum absolute atomic E-state index is 8.94. The molecule has 0 rings (SSSR count).